The average molecular weight is 373 g/mol. The molecule has 0 saturated heterocycles. The molecule has 0 aliphatic rings. The number of methoxy groups -OCH3 is 3. The molecular formula is C18H19N3O4S. The summed E-state index contributed by atoms with van der Waals surface area (Å²) in [4.78, 5) is 18.8. The van der Waals surface area contributed by atoms with Crippen molar-refractivity contribution in [2.75, 3.05) is 21.3 Å². The zero-order valence-electron chi connectivity index (χ0n) is 15.0. The minimum Gasteiger partial charge on any atom is -0.496 e. The molecule has 0 saturated carbocycles. The van der Waals surface area contributed by atoms with Gasteiger partial charge >= 0.3 is 0 Å². The van der Waals surface area contributed by atoms with Crippen molar-refractivity contribution in [2.45, 2.75) is 13.3 Å². The average Bonchev–Trinajstić information content (AvgIpc) is 3.11. The molecule has 3 rings (SSSR count). The van der Waals surface area contributed by atoms with Gasteiger partial charge in [0.15, 0.2) is 0 Å². The van der Waals surface area contributed by atoms with Crippen molar-refractivity contribution >= 4 is 27.8 Å². The molecule has 0 N–H and O–H groups in total. The predicted octanol–water partition coefficient (Wildman–Crippen LogP) is 2.93. The summed E-state index contributed by atoms with van der Waals surface area (Å²) < 4.78 is 17.2. The van der Waals surface area contributed by atoms with Gasteiger partial charge in [-0.1, -0.05) is 6.92 Å². The van der Waals surface area contributed by atoms with Gasteiger partial charge in [0, 0.05) is 17.0 Å². The van der Waals surface area contributed by atoms with Crippen molar-refractivity contribution in [3.05, 3.63) is 45.3 Å². The summed E-state index contributed by atoms with van der Waals surface area (Å²) in [7, 11) is 4.65. The Morgan fingerprint density at radius 1 is 1.15 bits per heavy atom. The van der Waals surface area contributed by atoms with Crippen LogP contribution in [0, 0.1) is 0 Å². The van der Waals surface area contributed by atoms with Crippen LogP contribution in [-0.2, 0) is 6.42 Å². The first-order chi connectivity index (χ1) is 12.6. The number of aromatic nitrogens is 2. The molecule has 0 radical (unpaired) electrons. The smallest absolute Gasteiger partial charge is 0.282 e. The Balaban J connectivity index is 2.06. The predicted molar refractivity (Wildman–Crippen MR) is 102 cm³/mol. The minimum atomic E-state index is -0.214. The van der Waals surface area contributed by atoms with Gasteiger partial charge in [0.05, 0.1) is 38.5 Å². The van der Waals surface area contributed by atoms with Gasteiger partial charge in [0.2, 0.25) is 0 Å². The molecule has 3 aromatic rings. The molecular weight excluding hydrogens is 354 g/mol. The lowest BCUT2D eigenvalue weighted by Crippen LogP contribution is -2.16. The van der Waals surface area contributed by atoms with Gasteiger partial charge in [0.25, 0.3) is 5.56 Å². The largest absolute Gasteiger partial charge is 0.496 e. The van der Waals surface area contributed by atoms with Gasteiger partial charge < -0.3 is 14.2 Å². The third kappa shape index (κ3) is 3.28. The Kier molecular flexibility index (Phi) is 5.22. The molecule has 2 aromatic heterocycles. The van der Waals surface area contributed by atoms with E-state index in [1.807, 2.05) is 13.0 Å². The van der Waals surface area contributed by atoms with Crippen molar-refractivity contribution in [1.29, 1.82) is 0 Å². The zero-order valence-corrected chi connectivity index (χ0v) is 15.8. The first-order valence-electron chi connectivity index (χ1n) is 7.95. The van der Waals surface area contributed by atoms with E-state index in [1.54, 1.807) is 33.5 Å². The molecule has 0 aliphatic heterocycles. The number of hydrogen-bond acceptors (Lipinski definition) is 7. The van der Waals surface area contributed by atoms with Gasteiger partial charge in [0.1, 0.15) is 28.4 Å². The summed E-state index contributed by atoms with van der Waals surface area (Å²) in [5.74, 6) is 1.65. The lowest BCUT2D eigenvalue weighted by atomic mass is 10.2. The zero-order chi connectivity index (χ0) is 18.7. The van der Waals surface area contributed by atoms with Crippen LogP contribution in [0.15, 0.2) is 34.4 Å². The lowest BCUT2D eigenvalue weighted by Gasteiger charge is -2.12. The summed E-state index contributed by atoms with van der Waals surface area (Å²) in [6.45, 7) is 2.05. The van der Waals surface area contributed by atoms with E-state index in [0.29, 0.717) is 28.2 Å². The summed E-state index contributed by atoms with van der Waals surface area (Å²) in [5, 5.41) is 4.82. The number of benzene rings is 1. The number of rotatable bonds is 6. The standard InChI is InChI=1S/C18H19N3O4S/c1-5-12-8-13-17(26-12)19-10-21(18(13)22)20-9-14-15(24-3)6-11(23-2)7-16(14)25-4/h6-10H,5H2,1-4H3/b20-9-. The van der Waals surface area contributed by atoms with Crippen LogP contribution < -0.4 is 19.8 Å². The molecule has 0 atom stereocenters. The third-order valence-corrected chi connectivity index (χ3v) is 5.09. The van der Waals surface area contributed by atoms with Crippen molar-refractivity contribution in [2.24, 2.45) is 5.10 Å². The Morgan fingerprint density at radius 3 is 2.42 bits per heavy atom. The van der Waals surface area contributed by atoms with Crippen LogP contribution in [0.3, 0.4) is 0 Å². The Labute approximate surface area is 154 Å². The number of ether oxygens (including phenoxy) is 3. The normalized spacial score (nSPS) is 11.2. The van der Waals surface area contributed by atoms with Gasteiger partial charge in [-0.3, -0.25) is 4.79 Å². The van der Waals surface area contributed by atoms with Crippen molar-refractivity contribution in [3.63, 3.8) is 0 Å². The molecule has 0 unspecified atom stereocenters. The second-order valence-electron chi connectivity index (χ2n) is 5.37. The van der Waals surface area contributed by atoms with Crippen LogP contribution >= 0.6 is 11.3 Å². The van der Waals surface area contributed by atoms with E-state index in [-0.39, 0.29) is 5.56 Å². The van der Waals surface area contributed by atoms with Crippen LogP contribution in [0.25, 0.3) is 10.2 Å². The van der Waals surface area contributed by atoms with Crippen molar-refractivity contribution in [3.8, 4) is 17.2 Å². The van der Waals surface area contributed by atoms with E-state index in [9.17, 15) is 4.79 Å². The summed E-state index contributed by atoms with van der Waals surface area (Å²) in [6.07, 6.45) is 3.79. The molecule has 2 heterocycles. The highest BCUT2D eigenvalue weighted by Gasteiger charge is 2.12. The van der Waals surface area contributed by atoms with Gasteiger partial charge in [-0.2, -0.15) is 9.78 Å². The van der Waals surface area contributed by atoms with Crippen molar-refractivity contribution < 1.29 is 14.2 Å². The van der Waals surface area contributed by atoms with E-state index < -0.39 is 0 Å². The number of fused-ring (bicyclic) bond motifs is 1. The number of aryl methyl sites for hydroxylation is 1. The highest BCUT2D eigenvalue weighted by atomic mass is 32.1. The topological polar surface area (TPSA) is 74.9 Å². The summed E-state index contributed by atoms with van der Waals surface area (Å²) in [5.41, 5.74) is 0.385. The van der Waals surface area contributed by atoms with Crippen LogP contribution in [0.1, 0.15) is 17.4 Å². The first kappa shape index (κ1) is 17.9. The van der Waals surface area contributed by atoms with Gasteiger partial charge in [-0.25, -0.2) is 4.98 Å². The van der Waals surface area contributed by atoms with Crippen molar-refractivity contribution in [1.82, 2.24) is 9.66 Å². The van der Waals surface area contributed by atoms with Gasteiger partial charge in [-0.15, -0.1) is 11.3 Å². The molecule has 26 heavy (non-hydrogen) atoms. The van der Waals surface area contributed by atoms with E-state index in [0.717, 1.165) is 16.1 Å². The molecule has 0 spiro atoms. The van der Waals surface area contributed by atoms with Gasteiger partial charge in [-0.05, 0) is 12.5 Å². The monoisotopic (exact) mass is 373 g/mol. The van der Waals surface area contributed by atoms with Crippen LogP contribution in [0.2, 0.25) is 0 Å². The fourth-order valence-corrected chi connectivity index (χ4v) is 3.43. The second kappa shape index (κ2) is 7.57. The number of thiophene rings is 1. The molecule has 1 aromatic carbocycles. The Bertz CT molecular complexity index is 998. The maximum atomic E-state index is 12.6. The third-order valence-electron chi connectivity index (χ3n) is 3.90. The fourth-order valence-electron chi connectivity index (χ4n) is 2.50. The number of hydrogen-bond donors (Lipinski definition) is 0. The quantitative estimate of drug-likeness (QED) is 0.621. The fraction of sp³-hybridized carbons (Fsp3) is 0.278. The van der Waals surface area contributed by atoms with E-state index >= 15 is 0 Å². The number of nitrogens with zero attached hydrogens (tertiary/aromatic N) is 3. The van der Waals surface area contributed by atoms with Crippen LogP contribution in [0.5, 0.6) is 17.2 Å². The van der Waals surface area contributed by atoms with E-state index in [2.05, 4.69) is 10.1 Å². The molecule has 7 nitrogen and oxygen atoms in total. The van der Waals surface area contributed by atoms with Crippen LogP contribution in [0.4, 0.5) is 0 Å². The lowest BCUT2D eigenvalue weighted by molar-refractivity contribution is 0.374. The molecule has 0 fully saturated rings. The summed E-state index contributed by atoms with van der Waals surface area (Å²) in [6, 6.07) is 5.32. The second-order valence-corrected chi connectivity index (χ2v) is 6.48. The highest BCUT2D eigenvalue weighted by molar-refractivity contribution is 7.18. The molecule has 136 valence electrons. The van der Waals surface area contributed by atoms with E-state index in [1.165, 1.54) is 28.6 Å². The molecule has 0 aliphatic carbocycles. The molecule has 0 bridgehead atoms. The summed E-state index contributed by atoms with van der Waals surface area (Å²) >= 11 is 1.52. The maximum absolute atomic E-state index is 12.6. The first-order valence-corrected chi connectivity index (χ1v) is 8.77. The van der Waals surface area contributed by atoms with E-state index in [4.69, 9.17) is 14.2 Å². The maximum Gasteiger partial charge on any atom is 0.282 e. The van der Waals surface area contributed by atoms with Crippen LogP contribution in [-0.4, -0.2) is 37.2 Å². The Hall–Kier alpha value is -2.87. The SMILES string of the molecule is CCc1cc2c(=O)n(/N=C\c3c(OC)cc(OC)cc3OC)cnc2s1. The molecule has 8 heteroatoms. The Morgan fingerprint density at radius 2 is 1.85 bits per heavy atom. The minimum absolute atomic E-state index is 0.214. The highest BCUT2D eigenvalue weighted by Crippen LogP contribution is 2.32. The molecule has 0 amide bonds.